The molecule has 2 aromatic heterocycles. The van der Waals surface area contributed by atoms with E-state index in [4.69, 9.17) is 5.73 Å². The topological polar surface area (TPSA) is 84.9 Å². The highest BCUT2D eigenvalue weighted by Crippen LogP contribution is 2.28. The molecule has 1 saturated carbocycles. The summed E-state index contributed by atoms with van der Waals surface area (Å²) in [6.07, 6.45) is 9.72. The van der Waals surface area contributed by atoms with Crippen molar-refractivity contribution in [2.24, 2.45) is 5.92 Å². The molecule has 0 spiro atoms. The van der Waals surface area contributed by atoms with Gasteiger partial charge < -0.3 is 10.8 Å². The van der Waals surface area contributed by atoms with Crippen LogP contribution in [0.1, 0.15) is 31.4 Å². The molecule has 0 bridgehead atoms. The Kier molecular flexibility index (Phi) is 4.10. The molecule has 0 unspecified atom stereocenters. The predicted octanol–water partition coefficient (Wildman–Crippen LogP) is 2.21. The quantitative estimate of drug-likeness (QED) is 0.902. The van der Waals surface area contributed by atoms with Gasteiger partial charge in [-0.2, -0.15) is 0 Å². The average Bonchev–Trinajstić information content (AvgIpc) is 2.52. The zero-order chi connectivity index (χ0) is 14.7. The standard InChI is InChI=1S/C16H20N4O/c17-16-14(9-11-1-3-13(21)4-2-11)20-15(10-19-16)12-5-7-18-8-6-12/h5-8,10-11,13,21H,1-4,9H2,(H2,17,19). The molecule has 110 valence electrons. The van der Waals surface area contributed by atoms with E-state index < -0.39 is 0 Å². The summed E-state index contributed by atoms with van der Waals surface area (Å²) >= 11 is 0. The number of aliphatic hydroxyl groups excluding tert-OH is 1. The Morgan fingerprint density at radius 1 is 1.14 bits per heavy atom. The first-order chi connectivity index (χ1) is 10.2. The lowest BCUT2D eigenvalue weighted by Crippen LogP contribution is -2.20. The van der Waals surface area contributed by atoms with Crippen LogP contribution in [0.25, 0.3) is 11.3 Å². The van der Waals surface area contributed by atoms with Gasteiger partial charge in [-0.1, -0.05) is 0 Å². The third-order valence-corrected chi connectivity index (χ3v) is 4.15. The van der Waals surface area contributed by atoms with Gasteiger partial charge in [0.2, 0.25) is 0 Å². The summed E-state index contributed by atoms with van der Waals surface area (Å²) in [4.78, 5) is 13.0. The van der Waals surface area contributed by atoms with Gasteiger partial charge in [0.1, 0.15) is 5.82 Å². The lowest BCUT2D eigenvalue weighted by atomic mass is 9.84. The van der Waals surface area contributed by atoms with Crippen molar-refractivity contribution in [3.8, 4) is 11.3 Å². The molecule has 3 rings (SSSR count). The molecule has 1 aliphatic carbocycles. The first-order valence-corrected chi connectivity index (χ1v) is 7.42. The van der Waals surface area contributed by atoms with E-state index in [0.29, 0.717) is 11.7 Å². The van der Waals surface area contributed by atoms with Crippen molar-refractivity contribution < 1.29 is 5.11 Å². The van der Waals surface area contributed by atoms with Crippen molar-refractivity contribution in [1.29, 1.82) is 0 Å². The number of anilines is 1. The summed E-state index contributed by atoms with van der Waals surface area (Å²) < 4.78 is 0. The number of aliphatic hydroxyl groups is 1. The number of nitrogens with zero attached hydrogens (tertiary/aromatic N) is 3. The van der Waals surface area contributed by atoms with E-state index in [0.717, 1.165) is 49.1 Å². The highest BCUT2D eigenvalue weighted by Gasteiger charge is 2.21. The van der Waals surface area contributed by atoms with Gasteiger partial charge in [0.15, 0.2) is 0 Å². The van der Waals surface area contributed by atoms with Gasteiger partial charge in [0.25, 0.3) is 0 Å². The zero-order valence-corrected chi connectivity index (χ0v) is 11.9. The molecule has 21 heavy (non-hydrogen) atoms. The second kappa shape index (κ2) is 6.18. The van der Waals surface area contributed by atoms with Crippen LogP contribution in [0.2, 0.25) is 0 Å². The predicted molar refractivity (Wildman–Crippen MR) is 81.3 cm³/mol. The van der Waals surface area contributed by atoms with Crippen LogP contribution in [0.3, 0.4) is 0 Å². The van der Waals surface area contributed by atoms with Crippen molar-refractivity contribution >= 4 is 5.82 Å². The number of pyridine rings is 1. The summed E-state index contributed by atoms with van der Waals surface area (Å²) in [5.41, 5.74) is 8.67. The van der Waals surface area contributed by atoms with Crippen LogP contribution in [0, 0.1) is 5.92 Å². The molecule has 2 heterocycles. The molecule has 0 amide bonds. The molecular weight excluding hydrogens is 264 g/mol. The minimum atomic E-state index is -0.132. The molecule has 0 aliphatic heterocycles. The van der Waals surface area contributed by atoms with Crippen molar-refractivity contribution in [3.63, 3.8) is 0 Å². The normalized spacial score (nSPS) is 22.1. The van der Waals surface area contributed by atoms with Crippen LogP contribution in [0.15, 0.2) is 30.7 Å². The van der Waals surface area contributed by atoms with Crippen molar-refractivity contribution in [2.75, 3.05) is 5.73 Å². The van der Waals surface area contributed by atoms with Crippen LogP contribution < -0.4 is 5.73 Å². The lowest BCUT2D eigenvalue weighted by Gasteiger charge is -2.25. The maximum atomic E-state index is 9.58. The van der Waals surface area contributed by atoms with E-state index in [1.165, 1.54) is 0 Å². The molecule has 5 heteroatoms. The van der Waals surface area contributed by atoms with Crippen molar-refractivity contribution in [3.05, 3.63) is 36.4 Å². The first kappa shape index (κ1) is 13.9. The highest BCUT2D eigenvalue weighted by molar-refractivity contribution is 5.58. The molecule has 0 saturated heterocycles. The highest BCUT2D eigenvalue weighted by atomic mass is 16.3. The van der Waals surface area contributed by atoms with E-state index in [9.17, 15) is 5.11 Å². The van der Waals surface area contributed by atoms with Gasteiger partial charge in [-0.25, -0.2) is 9.97 Å². The second-order valence-electron chi connectivity index (χ2n) is 5.70. The third kappa shape index (κ3) is 3.36. The van der Waals surface area contributed by atoms with Gasteiger partial charge in [0.05, 0.1) is 23.7 Å². The Hall–Kier alpha value is -2.01. The molecule has 3 N–H and O–H groups in total. The van der Waals surface area contributed by atoms with E-state index in [2.05, 4.69) is 15.0 Å². The van der Waals surface area contributed by atoms with Gasteiger partial charge in [0, 0.05) is 18.0 Å². The second-order valence-corrected chi connectivity index (χ2v) is 5.70. The van der Waals surface area contributed by atoms with E-state index in [1.54, 1.807) is 18.6 Å². The SMILES string of the molecule is Nc1ncc(-c2ccncc2)nc1CC1CCC(O)CC1. The van der Waals surface area contributed by atoms with Crippen molar-refractivity contribution in [1.82, 2.24) is 15.0 Å². The van der Waals surface area contributed by atoms with E-state index >= 15 is 0 Å². The molecule has 2 aromatic rings. The Bertz CT molecular complexity index is 594. The Morgan fingerprint density at radius 3 is 2.57 bits per heavy atom. The Morgan fingerprint density at radius 2 is 1.86 bits per heavy atom. The smallest absolute Gasteiger partial charge is 0.145 e. The first-order valence-electron chi connectivity index (χ1n) is 7.42. The molecular formula is C16H20N4O. The number of rotatable bonds is 3. The molecule has 0 radical (unpaired) electrons. The van der Waals surface area contributed by atoms with E-state index in [1.807, 2.05) is 12.1 Å². The Labute approximate surface area is 124 Å². The van der Waals surface area contributed by atoms with E-state index in [-0.39, 0.29) is 6.10 Å². The molecule has 0 atom stereocenters. The van der Waals surface area contributed by atoms with Crippen molar-refractivity contribution in [2.45, 2.75) is 38.2 Å². The fraction of sp³-hybridized carbons (Fsp3) is 0.438. The third-order valence-electron chi connectivity index (χ3n) is 4.15. The maximum Gasteiger partial charge on any atom is 0.145 e. The summed E-state index contributed by atoms with van der Waals surface area (Å²) in [6, 6.07) is 3.84. The molecule has 5 nitrogen and oxygen atoms in total. The van der Waals surface area contributed by atoms with Crippen LogP contribution in [-0.4, -0.2) is 26.2 Å². The summed E-state index contributed by atoms with van der Waals surface area (Å²) in [6.45, 7) is 0. The summed E-state index contributed by atoms with van der Waals surface area (Å²) in [7, 11) is 0. The zero-order valence-electron chi connectivity index (χ0n) is 11.9. The van der Waals surface area contributed by atoms with Crippen LogP contribution >= 0.6 is 0 Å². The molecule has 0 aromatic carbocycles. The van der Waals surface area contributed by atoms with Crippen LogP contribution in [0.4, 0.5) is 5.82 Å². The minimum absolute atomic E-state index is 0.132. The largest absolute Gasteiger partial charge is 0.393 e. The molecule has 1 fully saturated rings. The summed E-state index contributed by atoms with van der Waals surface area (Å²) in [5, 5.41) is 9.58. The number of nitrogens with two attached hydrogens (primary N) is 1. The minimum Gasteiger partial charge on any atom is -0.393 e. The maximum absolute atomic E-state index is 9.58. The fourth-order valence-electron chi connectivity index (χ4n) is 2.87. The lowest BCUT2D eigenvalue weighted by molar-refractivity contribution is 0.108. The van der Waals surface area contributed by atoms with Crippen LogP contribution in [-0.2, 0) is 6.42 Å². The van der Waals surface area contributed by atoms with Gasteiger partial charge in [-0.05, 0) is 50.2 Å². The monoisotopic (exact) mass is 284 g/mol. The number of nitrogen functional groups attached to an aromatic ring is 1. The average molecular weight is 284 g/mol. The Balaban J connectivity index is 1.79. The van der Waals surface area contributed by atoms with Gasteiger partial charge >= 0.3 is 0 Å². The van der Waals surface area contributed by atoms with Gasteiger partial charge in [-0.15, -0.1) is 0 Å². The van der Waals surface area contributed by atoms with Gasteiger partial charge in [-0.3, -0.25) is 4.98 Å². The summed E-state index contributed by atoms with van der Waals surface area (Å²) in [5.74, 6) is 1.05. The fourth-order valence-corrected chi connectivity index (χ4v) is 2.87. The number of hydrogen-bond acceptors (Lipinski definition) is 5. The number of hydrogen-bond donors (Lipinski definition) is 2. The number of aromatic nitrogens is 3. The molecule has 1 aliphatic rings. The van der Waals surface area contributed by atoms with Crippen LogP contribution in [0.5, 0.6) is 0 Å².